The second kappa shape index (κ2) is 7.32. The first kappa shape index (κ1) is 16.8. The zero-order valence-electron chi connectivity index (χ0n) is 15.2. The highest BCUT2D eigenvalue weighted by atomic mass is 16.2. The normalized spacial score (nSPS) is 17.7. The molecule has 6 nitrogen and oxygen atoms in total. The van der Waals surface area contributed by atoms with Crippen LogP contribution in [0.3, 0.4) is 0 Å². The molecule has 0 bridgehead atoms. The third-order valence-electron chi connectivity index (χ3n) is 5.31. The van der Waals surface area contributed by atoms with E-state index in [-0.39, 0.29) is 11.8 Å². The molecule has 1 aliphatic heterocycles. The van der Waals surface area contributed by atoms with Gasteiger partial charge in [0.25, 0.3) is 0 Å². The summed E-state index contributed by atoms with van der Waals surface area (Å²) >= 11 is 0. The SMILES string of the molecule is CCc1nc([C@H]2CCCN(C(=O)CCc3c[nH]c4ccccc34)C2)n[nH]1. The molecule has 1 saturated heterocycles. The van der Waals surface area contributed by atoms with E-state index in [4.69, 9.17) is 0 Å². The van der Waals surface area contributed by atoms with Crippen LogP contribution in [0.1, 0.15) is 49.3 Å². The van der Waals surface area contributed by atoms with Gasteiger partial charge in [0.05, 0.1) is 0 Å². The summed E-state index contributed by atoms with van der Waals surface area (Å²) < 4.78 is 0. The summed E-state index contributed by atoms with van der Waals surface area (Å²) in [7, 11) is 0. The molecule has 3 aromatic rings. The first-order valence-electron chi connectivity index (χ1n) is 9.48. The summed E-state index contributed by atoms with van der Waals surface area (Å²) in [5, 5.41) is 8.55. The minimum Gasteiger partial charge on any atom is -0.361 e. The van der Waals surface area contributed by atoms with Gasteiger partial charge in [-0.15, -0.1) is 0 Å². The number of amides is 1. The average molecular weight is 351 g/mol. The lowest BCUT2D eigenvalue weighted by atomic mass is 9.96. The third kappa shape index (κ3) is 3.36. The van der Waals surface area contributed by atoms with Crippen LogP contribution in [-0.4, -0.2) is 44.1 Å². The number of rotatable bonds is 5. The van der Waals surface area contributed by atoms with Crippen LogP contribution in [0.25, 0.3) is 10.9 Å². The predicted octanol–water partition coefficient (Wildman–Crippen LogP) is 3.19. The highest BCUT2D eigenvalue weighted by Crippen LogP contribution is 2.25. The number of piperidine rings is 1. The van der Waals surface area contributed by atoms with Crippen LogP contribution in [0.4, 0.5) is 0 Å². The number of aryl methyl sites for hydroxylation is 2. The van der Waals surface area contributed by atoms with Crippen molar-refractivity contribution in [2.24, 2.45) is 0 Å². The molecule has 2 N–H and O–H groups in total. The largest absolute Gasteiger partial charge is 0.361 e. The number of hydrogen-bond donors (Lipinski definition) is 2. The Morgan fingerprint density at radius 1 is 1.35 bits per heavy atom. The van der Waals surface area contributed by atoms with Gasteiger partial charge in [-0.05, 0) is 30.9 Å². The summed E-state index contributed by atoms with van der Waals surface area (Å²) in [4.78, 5) is 22.6. The van der Waals surface area contributed by atoms with Crippen molar-refractivity contribution in [1.29, 1.82) is 0 Å². The van der Waals surface area contributed by atoms with Crippen LogP contribution in [0.5, 0.6) is 0 Å². The Morgan fingerprint density at radius 2 is 2.23 bits per heavy atom. The minimum atomic E-state index is 0.228. The fourth-order valence-electron chi connectivity index (χ4n) is 3.80. The number of fused-ring (bicyclic) bond motifs is 1. The molecule has 1 aliphatic rings. The number of aromatic nitrogens is 4. The topological polar surface area (TPSA) is 77.7 Å². The predicted molar refractivity (Wildman–Crippen MR) is 101 cm³/mol. The number of nitrogens with one attached hydrogen (secondary N) is 2. The molecule has 1 amide bonds. The van der Waals surface area contributed by atoms with E-state index in [0.29, 0.717) is 6.42 Å². The summed E-state index contributed by atoms with van der Waals surface area (Å²) in [6.07, 6.45) is 6.25. The fraction of sp³-hybridized carbons (Fsp3) is 0.450. The fourth-order valence-corrected chi connectivity index (χ4v) is 3.80. The zero-order valence-corrected chi connectivity index (χ0v) is 15.2. The minimum absolute atomic E-state index is 0.228. The monoisotopic (exact) mass is 351 g/mol. The van der Waals surface area contributed by atoms with Crippen molar-refractivity contribution in [3.05, 3.63) is 47.7 Å². The molecule has 0 aliphatic carbocycles. The maximum absolute atomic E-state index is 12.7. The van der Waals surface area contributed by atoms with Gasteiger partial charge < -0.3 is 9.88 Å². The number of benzene rings is 1. The van der Waals surface area contributed by atoms with Gasteiger partial charge in [0.15, 0.2) is 5.82 Å². The van der Waals surface area contributed by atoms with Gasteiger partial charge >= 0.3 is 0 Å². The molecule has 0 unspecified atom stereocenters. The number of nitrogens with zero attached hydrogens (tertiary/aromatic N) is 3. The Morgan fingerprint density at radius 3 is 3.08 bits per heavy atom. The molecule has 1 fully saturated rings. The van der Waals surface area contributed by atoms with Crippen LogP contribution in [0.2, 0.25) is 0 Å². The molecule has 2 aromatic heterocycles. The van der Waals surface area contributed by atoms with Crippen LogP contribution in [-0.2, 0) is 17.6 Å². The molecule has 1 aromatic carbocycles. The zero-order chi connectivity index (χ0) is 17.9. The van der Waals surface area contributed by atoms with E-state index in [1.165, 1.54) is 10.9 Å². The number of likely N-dealkylation sites (tertiary alicyclic amines) is 1. The first-order valence-corrected chi connectivity index (χ1v) is 9.48. The lowest BCUT2D eigenvalue weighted by Crippen LogP contribution is -2.39. The van der Waals surface area contributed by atoms with E-state index in [1.54, 1.807) is 0 Å². The van der Waals surface area contributed by atoms with E-state index >= 15 is 0 Å². The Kier molecular flexibility index (Phi) is 4.73. The van der Waals surface area contributed by atoms with Crippen molar-refractivity contribution in [3.63, 3.8) is 0 Å². The van der Waals surface area contributed by atoms with Gasteiger partial charge in [0.2, 0.25) is 5.91 Å². The quantitative estimate of drug-likeness (QED) is 0.741. The molecule has 4 rings (SSSR count). The smallest absolute Gasteiger partial charge is 0.222 e. The highest BCUT2D eigenvalue weighted by molar-refractivity contribution is 5.84. The molecule has 0 radical (unpaired) electrons. The molecule has 26 heavy (non-hydrogen) atoms. The van der Waals surface area contributed by atoms with Gasteiger partial charge in [-0.1, -0.05) is 25.1 Å². The summed E-state index contributed by atoms with van der Waals surface area (Å²) in [6.45, 7) is 3.63. The maximum atomic E-state index is 12.7. The third-order valence-corrected chi connectivity index (χ3v) is 5.31. The Labute approximate surface area is 153 Å². The highest BCUT2D eigenvalue weighted by Gasteiger charge is 2.27. The maximum Gasteiger partial charge on any atom is 0.222 e. The number of aromatic amines is 2. The molecule has 6 heteroatoms. The van der Waals surface area contributed by atoms with Gasteiger partial charge in [0.1, 0.15) is 5.82 Å². The Hall–Kier alpha value is -2.63. The number of hydrogen-bond acceptors (Lipinski definition) is 3. The second-order valence-corrected chi connectivity index (χ2v) is 7.03. The van der Waals surface area contributed by atoms with E-state index in [1.807, 2.05) is 23.2 Å². The Balaban J connectivity index is 1.38. The lowest BCUT2D eigenvalue weighted by Gasteiger charge is -2.31. The van der Waals surface area contributed by atoms with Crippen molar-refractivity contribution in [2.75, 3.05) is 13.1 Å². The molecule has 0 spiro atoms. The van der Waals surface area contributed by atoms with Gasteiger partial charge in [0, 0.05) is 48.9 Å². The summed E-state index contributed by atoms with van der Waals surface area (Å²) in [5.74, 6) is 2.25. The van der Waals surface area contributed by atoms with Crippen LogP contribution < -0.4 is 0 Å². The van der Waals surface area contributed by atoms with Gasteiger partial charge in [-0.25, -0.2) is 4.98 Å². The molecular weight excluding hydrogens is 326 g/mol. The first-order chi connectivity index (χ1) is 12.7. The van der Waals surface area contributed by atoms with Gasteiger partial charge in [-0.2, -0.15) is 5.10 Å². The average Bonchev–Trinajstić information content (AvgIpc) is 3.33. The summed E-state index contributed by atoms with van der Waals surface area (Å²) in [6, 6.07) is 8.24. The van der Waals surface area contributed by atoms with Crippen molar-refractivity contribution in [2.45, 2.75) is 44.9 Å². The number of carbonyl (C=O) groups excluding carboxylic acids is 1. The number of para-hydroxylation sites is 1. The molecule has 3 heterocycles. The van der Waals surface area contributed by atoms with E-state index in [2.05, 4.69) is 39.2 Å². The molecule has 136 valence electrons. The number of H-pyrrole nitrogens is 2. The Bertz CT molecular complexity index is 896. The molecular formula is C20H25N5O. The van der Waals surface area contributed by atoms with E-state index < -0.39 is 0 Å². The van der Waals surface area contributed by atoms with E-state index in [9.17, 15) is 4.79 Å². The molecule has 0 saturated carbocycles. The van der Waals surface area contributed by atoms with Crippen molar-refractivity contribution < 1.29 is 4.79 Å². The summed E-state index contributed by atoms with van der Waals surface area (Å²) in [5.41, 5.74) is 2.34. The number of carbonyl (C=O) groups is 1. The van der Waals surface area contributed by atoms with E-state index in [0.717, 1.165) is 55.9 Å². The van der Waals surface area contributed by atoms with Crippen LogP contribution in [0.15, 0.2) is 30.5 Å². The van der Waals surface area contributed by atoms with Gasteiger partial charge in [-0.3, -0.25) is 9.89 Å². The lowest BCUT2D eigenvalue weighted by molar-refractivity contribution is -0.132. The van der Waals surface area contributed by atoms with Crippen LogP contribution in [0, 0.1) is 0 Å². The molecule has 1 atom stereocenters. The second-order valence-electron chi connectivity index (χ2n) is 7.03. The van der Waals surface area contributed by atoms with Crippen LogP contribution >= 0.6 is 0 Å². The van der Waals surface area contributed by atoms with Crippen molar-refractivity contribution in [1.82, 2.24) is 25.1 Å². The van der Waals surface area contributed by atoms with Crippen molar-refractivity contribution >= 4 is 16.8 Å². The van der Waals surface area contributed by atoms with Crippen molar-refractivity contribution in [3.8, 4) is 0 Å². The standard InChI is InChI=1S/C20H25N5O/c1-2-18-22-20(24-23-18)15-6-5-11-25(13-15)19(26)10-9-14-12-21-17-8-4-3-7-16(14)17/h3-4,7-8,12,15,21H,2,5-6,9-11,13H2,1H3,(H,22,23,24)/t15-/m0/s1.